The molecule has 3 fully saturated rings. The molecule has 3 rings (SSSR count). The van der Waals surface area contributed by atoms with Gasteiger partial charge in [-0.3, -0.25) is 4.79 Å². The van der Waals surface area contributed by atoms with Crippen molar-refractivity contribution in [1.82, 2.24) is 0 Å². The standard InChI is InChI=1S/C29H52O3Si2/c1-20-18-23-22(26(19-24(23)27(20)30)32-34(10,11)29(5,6)7)16-17-25(21-14-12-13-15-21)31-33(8,9)28(2,3)4/h16-17,21-26H,1,12-15,18-19H2,2-11H3/b17-16+/t22-,23-,24-,25+,26+/m0/s1. The monoisotopic (exact) mass is 504 g/mol. The number of hydrogen-bond acceptors (Lipinski definition) is 3. The van der Waals surface area contributed by atoms with E-state index in [1.54, 1.807) is 0 Å². The van der Waals surface area contributed by atoms with Crippen LogP contribution >= 0.6 is 0 Å². The summed E-state index contributed by atoms with van der Waals surface area (Å²) in [5.74, 6) is 1.60. The van der Waals surface area contributed by atoms with Gasteiger partial charge in [-0.1, -0.05) is 73.1 Å². The molecule has 5 heteroatoms. The molecule has 3 aliphatic carbocycles. The molecule has 0 bridgehead atoms. The zero-order valence-corrected chi connectivity index (χ0v) is 25.8. The minimum atomic E-state index is -1.94. The minimum Gasteiger partial charge on any atom is -0.413 e. The Morgan fingerprint density at radius 1 is 0.971 bits per heavy atom. The van der Waals surface area contributed by atoms with E-state index in [-0.39, 0.29) is 39.9 Å². The fourth-order valence-corrected chi connectivity index (χ4v) is 8.30. The highest BCUT2D eigenvalue weighted by atomic mass is 28.4. The predicted molar refractivity (Wildman–Crippen MR) is 149 cm³/mol. The maximum Gasteiger partial charge on any atom is 0.192 e. The van der Waals surface area contributed by atoms with Crippen LogP contribution in [0.2, 0.25) is 36.3 Å². The molecule has 0 unspecified atom stereocenters. The lowest BCUT2D eigenvalue weighted by Gasteiger charge is -2.41. The van der Waals surface area contributed by atoms with Crippen molar-refractivity contribution in [2.45, 2.75) is 129 Å². The minimum absolute atomic E-state index is 0.0863. The molecule has 194 valence electrons. The van der Waals surface area contributed by atoms with Gasteiger partial charge in [-0.2, -0.15) is 0 Å². The van der Waals surface area contributed by atoms with Gasteiger partial charge in [0.15, 0.2) is 22.4 Å². The number of allylic oxidation sites excluding steroid dienone is 1. The molecule has 0 N–H and O–H groups in total. The van der Waals surface area contributed by atoms with E-state index < -0.39 is 16.6 Å². The van der Waals surface area contributed by atoms with Crippen LogP contribution in [0.1, 0.15) is 80.1 Å². The second-order valence-corrected chi connectivity index (χ2v) is 24.0. The van der Waals surface area contributed by atoms with Crippen LogP contribution in [0.15, 0.2) is 24.3 Å². The van der Waals surface area contributed by atoms with Gasteiger partial charge in [-0.15, -0.1) is 0 Å². The molecular weight excluding hydrogens is 452 g/mol. The molecule has 0 heterocycles. The van der Waals surface area contributed by atoms with Gasteiger partial charge in [0.25, 0.3) is 0 Å². The van der Waals surface area contributed by atoms with Crippen molar-refractivity contribution < 1.29 is 13.6 Å². The van der Waals surface area contributed by atoms with Crippen molar-refractivity contribution >= 4 is 22.4 Å². The molecule has 3 aliphatic rings. The van der Waals surface area contributed by atoms with Crippen molar-refractivity contribution in [3.8, 4) is 0 Å². The van der Waals surface area contributed by atoms with Crippen LogP contribution in [0, 0.1) is 23.7 Å². The molecule has 34 heavy (non-hydrogen) atoms. The average molecular weight is 505 g/mol. The number of carbonyl (C=O) groups is 1. The number of rotatable bonds is 7. The highest BCUT2D eigenvalue weighted by molar-refractivity contribution is 6.74. The van der Waals surface area contributed by atoms with E-state index in [1.807, 2.05) is 0 Å². The number of Topliss-reactive ketones (excluding diaryl/α,β-unsaturated/α-hetero) is 1. The molecule has 5 atom stereocenters. The zero-order valence-electron chi connectivity index (χ0n) is 23.8. The maximum absolute atomic E-state index is 12.9. The summed E-state index contributed by atoms with van der Waals surface area (Å²) in [4.78, 5) is 12.9. The summed E-state index contributed by atoms with van der Waals surface area (Å²) in [7, 11) is -3.82. The van der Waals surface area contributed by atoms with Gasteiger partial charge in [0.2, 0.25) is 0 Å². The van der Waals surface area contributed by atoms with Crippen molar-refractivity contribution in [3.63, 3.8) is 0 Å². The Bertz CT molecular complexity index is 793. The SMILES string of the molecule is C=C1C[C@H]2[C@H](/C=C/[C@@H](O[Si](C)(C)C(C)(C)C)C3CCCC3)[C@H](O[Si](C)(C)C(C)(C)C)C[C@@H]2C1=O. The van der Waals surface area contributed by atoms with Crippen molar-refractivity contribution in [2.24, 2.45) is 23.7 Å². The molecule has 0 spiro atoms. The van der Waals surface area contributed by atoms with Crippen molar-refractivity contribution in [2.75, 3.05) is 0 Å². The Kier molecular flexibility index (Phi) is 8.06. The normalized spacial score (nSPS) is 30.5. The Morgan fingerprint density at radius 2 is 1.53 bits per heavy atom. The predicted octanol–water partition coefficient (Wildman–Crippen LogP) is 8.29. The quantitative estimate of drug-likeness (QED) is 0.199. The summed E-state index contributed by atoms with van der Waals surface area (Å²) in [6.07, 6.45) is 12.0. The van der Waals surface area contributed by atoms with E-state index in [1.165, 1.54) is 25.7 Å². The lowest BCUT2D eigenvalue weighted by atomic mass is 9.89. The van der Waals surface area contributed by atoms with Crippen LogP contribution in [-0.2, 0) is 13.6 Å². The van der Waals surface area contributed by atoms with Gasteiger partial charge >= 0.3 is 0 Å². The fourth-order valence-electron chi connectivity index (χ4n) is 5.64. The largest absolute Gasteiger partial charge is 0.413 e. The third-order valence-corrected chi connectivity index (χ3v) is 18.9. The summed E-state index contributed by atoms with van der Waals surface area (Å²) in [6, 6.07) is 0. The lowest BCUT2D eigenvalue weighted by Crippen LogP contribution is -2.45. The van der Waals surface area contributed by atoms with Gasteiger partial charge in [-0.05, 0) is 79.4 Å². The molecule has 0 radical (unpaired) electrons. The third kappa shape index (κ3) is 5.73. The highest BCUT2D eigenvalue weighted by Crippen LogP contribution is 2.51. The van der Waals surface area contributed by atoms with Crippen LogP contribution in [-0.4, -0.2) is 34.6 Å². The van der Waals surface area contributed by atoms with E-state index in [9.17, 15) is 4.79 Å². The number of carbonyl (C=O) groups excluding carboxylic acids is 1. The van der Waals surface area contributed by atoms with E-state index in [0.717, 1.165) is 18.4 Å². The van der Waals surface area contributed by atoms with Gasteiger partial charge in [0.1, 0.15) is 0 Å². The first-order chi connectivity index (χ1) is 15.4. The fraction of sp³-hybridized carbons (Fsp3) is 0.828. The summed E-state index contributed by atoms with van der Waals surface area (Å²) in [5, 5.41) is 0.351. The Balaban J connectivity index is 1.89. The first-order valence-electron chi connectivity index (χ1n) is 13.7. The second-order valence-electron chi connectivity index (χ2n) is 14.4. The van der Waals surface area contributed by atoms with Crippen LogP contribution in [0.4, 0.5) is 0 Å². The second kappa shape index (κ2) is 9.76. The zero-order chi connectivity index (χ0) is 25.7. The summed E-state index contributed by atoms with van der Waals surface area (Å²) >= 11 is 0. The molecule has 0 amide bonds. The lowest BCUT2D eigenvalue weighted by molar-refractivity contribution is -0.118. The highest BCUT2D eigenvalue weighted by Gasteiger charge is 2.53. The number of hydrogen-bond donors (Lipinski definition) is 0. The van der Waals surface area contributed by atoms with Crippen LogP contribution in [0.5, 0.6) is 0 Å². The summed E-state index contributed by atoms with van der Waals surface area (Å²) in [5.41, 5.74) is 0.823. The van der Waals surface area contributed by atoms with Crippen LogP contribution < -0.4 is 0 Å². The van der Waals surface area contributed by atoms with E-state index in [2.05, 4.69) is 86.5 Å². The summed E-state index contributed by atoms with van der Waals surface area (Å²) in [6.45, 7) is 27.4. The topological polar surface area (TPSA) is 35.5 Å². The third-order valence-electron chi connectivity index (χ3n) is 9.97. The van der Waals surface area contributed by atoms with Crippen molar-refractivity contribution in [1.29, 1.82) is 0 Å². The molecular formula is C29H52O3Si2. The number of fused-ring (bicyclic) bond motifs is 1. The van der Waals surface area contributed by atoms with Crippen LogP contribution in [0.3, 0.4) is 0 Å². The molecule has 3 nitrogen and oxygen atoms in total. The Labute approximate surface area is 212 Å². The molecule has 0 aliphatic heterocycles. The van der Waals surface area contributed by atoms with E-state index in [4.69, 9.17) is 8.85 Å². The molecule has 0 aromatic heterocycles. The number of ketones is 1. The van der Waals surface area contributed by atoms with Gasteiger partial charge in [0, 0.05) is 11.8 Å². The maximum atomic E-state index is 12.9. The first-order valence-corrected chi connectivity index (χ1v) is 19.5. The average Bonchev–Trinajstić information content (AvgIpc) is 3.37. The Morgan fingerprint density at radius 3 is 2.06 bits per heavy atom. The molecule has 0 aromatic carbocycles. The first kappa shape index (κ1) is 28.1. The van der Waals surface area contributed by atoms with Gasteiger partial charge in [0.05, 0.1) is 12.2 Å². The molecule has 0 aromatic rings. The van der Waals surface area contributed by atoms with E-state index in [0.29, 0.717) is 11.8 Å². The molecule has 3 saturated carbocycles. The van der Waals surface area contributed by atoms with Gasteiger partial charge < -0.3 is 8.85 Å². The smallest absolute Gasteiger partial charge is 0.192 e. The van der Waals surface area contributed by atoms with Gasteiger partial charge in [-0.25, -0.2) is 0 Å². The molecule has 0 saturated heterocycles. The Hall–Kier alpha value is -0.496. The van der Waals surface area contributed by atoms with Crippen molar-refractivity contribution in [3.05, 3.63) is 24.3 Å². The van der Waals surface area contributed by atoms with E-state index >= 15 is 0 Å². The van der Waals surface area contributed by atoms with Crippen LogP contribution in [0.25, 0.3) is 0 Å². The summed E-state index contributed by atoms with van der Waals surface area (Å²) < 4.78 is 14.0.